The second kappa shape index (κ2) is 7.33. The normalized spacial score (nSPS) is 35.9. The predicted octanol–water partition coefficient (Wildman–Crippen LogP) is 2.08. The molecule has 3 rings (SSSR count). The first-order chi connectivity index (χ1) is 13.2. The summed E-state index contributed by atoms with van der Waals surface area (Å²) >= 11 is 0. The third-order valence-electron chi connectivity index (χ3n) is 7.38. The summed E-state index contributed by atoms with van der Waals surface area (Å²) < 4.78 is 14.8. The Morgan fingerprint density at radius 3 is 2.21 bits per heavy atom. The maximum absolute atomic E-state index is 12.5. The molecule has 0 bridgehead atoms. The molecule has 5 atom stereocenters. The second-order valence-electron chi connectivity index (χ2n) is 8.46. The number of allylic oxidation sites excluding steroid dienone is 2. The van der Waals surface area contributed by atoms with Crippen molar-refractivity contribution in [2.45, 2.75) is 39.0 Å². The summed E-state index contributed by atoms with van der Waals surface area (Å²) in [5, 5.41) is 0. The first-order valence-electron chi connectivity index (χ1n) is 9.71. The van der Waals surface area contributed by atoms with E-state index in [0.717, 1.165) is 0 Å². The molecule has 0 aromatic heterocycles. The van der Waals surface area contributed by atoms with Crippen LogP contribution in [0.4, 0.5) is 0 Å². The first kappa shape index (κ1) is 20.6. The molecule has 0 unspecified atom stereocenters. The Balaban J connectivity index is 1.97. The molecule has 0 amide bonds. The van der Waals surface area contributed by atoms with E-state index >= 15 is 0 Å². The number of methoxy groups -OCH3 is 3. The van der Waals surface area contributed by atoms with Crippen molar-refractivity contribution < 1.29 is 33.4 Å². The van der Waals surface area contributed by atoms with Gasteiger partial charge in [-0.05, 0) is 42.9 Å². The summed E-state index contributed by atoms with van der Waals surface area (Å²) in [5.41, 5.74) is -1.57. The number of hydrogen-bond donors (Lipinski definition) is 0. The highest BCUT2D eigenvalue weighted by Gasteiger charge is 2.60. The van der Waals surface area contributed by atoms with E-state index in [9.17, 15) is 19.2 Å². The molecule has 0 N–H and O–H groups in total. The average molecular weight is 392 g/mol. The van der Waals surface area contributed by atoms with E-state index in [-0.39, 0.29) is 29.0 Å². The van der Waals surface area contributed by atoms with Crippen LogP contribution in [0.25, 0.3) is 0 Å². The molecule has 0 spiro atoms. The van der Waals surface area contributed by atoms with Crippen molar-refractivity contribution in [1.29, 1.82) is 0 Å². The summed E-state index contributed by atoms with van der Waals surface area (Å²) in [7, 11) is 3.86. The number of hydrogen-bond acceptors (Lipinski definition) is 7. The Labute approximate surface area is 164 Å². The fraction of sp³-hybridized carbons (Fsp3) is 0.714. The van der Waals surface area contributed by atoms with Gasteiger partial charge < -0.3 is 14.2 Å². The zero-order valence-corrected chi connectivity index (χ0v) is 16.9. The molecule has 7 heteroatoms. The number of Topliss-reactive ketones (excluding diaryl/α,β-unsaturated/α-hetero) is 1. The molecule has 0 aromatic rings. The fourth-order valence-electron chi connectivity index (χ4n) is 5.86. The molecule has 3 aliphatic rings. The number of rotatable bonds is 3. The van der Waals surface area contributed by atoms with E-state index in [1.165, 1.54) is 21.3 Å². The van der Waals surface area contributed by atoms with Crippen molar-refractivity contribution in [2.24, 2.45) is 34.5 Å². The molecule has 0 saturated heterocycles. The SMILES string of the molecule is COC(=O)[C@@H]1C(=O)CC[C@]2(C)[C@@H]3CCC(C(=O)OC)(C(=O)OC)C[C@H]3C=C[C@@H]12. The summed E-state index contributed by atoms with van der Waals surface area (Å²) in [6, 6.07) is 0. The van der Waals surface area contributed by atoms with E-state index in [2.05, 4.69) is 6.92 Å². The fourth-order valence-corrected chi connectivity index (χ4v) is 5.86. The van der Waals surface area contributed by atoms with Gasteiger partial charge in [0, 0.05) is 12.3 Å². The van der Waals surface area contributed by atoms with Crippen LogP contribution >= 0.6 is 0 Å². The Hall–Kier alpha value is -2.18. The Morgan fingerprint density at radius 1 is 1.00 bits per heavy atom. The lowest BCUT2D eigenvalue weighted by molar-refractivity contribution is -0.176. The third kappa shape index (κ3) is 2.86. The molecule has 7 nitrogen and oxygen atoms in total. The summed E-state index contributed by atoms with van der Waals surface area (Å²) in [6.07, 6.45) is 6.17. The first-order valence-corrected chi connectivity index (χ1v) is 9.71. The third-order valence-corrected chi connectivity index (χ3v) is 7.38. The van der Waals surface area contributed by atoms with Crippen molar-refractivity contribution in [1.82, 2.24) is 0 Å². The molecule has 0 aliphatic heterocycles. The minimum Gasteiger partial charge on any atom is -0.468 e. The van der Waals surface area contributed by atoms with Gasteiger partial charge in [0.2, 0.25) is 0 Å². The highest BCUT2D eigenvalue weighted by atomic mass is 16.5. The van der Waals surface area contributed by atoms with Crippen LogP contribution in [-0.2, 0) is 33.4 Å². The van der Waals surface area contributed by atoms with Gasteiger partial charge in [-0.15, -0.1) is 0 Å². The lowest BCUT2D eigenvalue weighted by Gasteiger charge is -2.55. The zero-order valence-electron chi connectivity index (χ0n) is 16.9. The van der Waals surface area contributed by atoms with Gasteiger partial charge in [0.25, 0.3) is 0 Å². The van der Waals surface area contributed by atoms with Gasteiger partial charge in [0.15, 0.2) is 5.41 Å². The number of esters is 3. The van der Waals surface area contributed by atoms with Gasteiger partial charge in [-0.1, -0.05) is 19.1 Å². The lowest BCUT2D eigenvalue weighted by atomic mass is 9.47. The van der Waals surface area contributed by atoms with Crippen molar-refractivity contribution in [3.8, 4) is 0 Å². The quantitative estimate of drug-likeness (QED) is 0.314. The molecule has 2 saturated carbocycles. The molecule has 3 aliphatic carbocycles. The highest BCUT2D eigenvalue weighted by Crippen LogP contribution is 2.60. The number of ketones is 1. The van der Waals surface area contributed by atoms with Crippen LogP contribution < -0.4 is 0 Å². The van der Waals surface area contributed by atoms with E-state index < -0.39 is 29.2 Å². The van der Waals surface area contributed by atoms with Gasteiger partial charge in [-0.25, -0.2) is 0 Å². The lowest BCUT2D eigenvalue weighted by Crippen LogP contribution is -2.55. The predicted molar refractivity (Wildman–Crippen MR) is 97.8 cm³/mol. The van der Waals surface area contributed by atoms with E-state index in [1.54, 1.807) is 0 Å². The van der Waals surface area contributed by atoms with Crippen LogP contribution in [0.15, 0.2) is 12.2 Å². The molecule has 0 aromatic carbocycles. The standard InChI is InChI=1S/C21H28O7/c1-20-9-8-15(22)16(17(23)26-2)14(20)6-5-12-11-21(18(24)27-3,19(25)28-4)10-7-13(12)20/h5-6,12-14,16H,7-11H2,1-4H3/t12-,13-,14+,16+,20-/m1/s1. The number of carbonyl (C=O) groups excluding carboxylic acids is 4. The monoisotopic (exact) mass is 392 g/mol. The second-order valence-corrected chi connectivity index (χ2v) is 8.46. The van der Waals surface area contributed by atoms with Gasteiger partial charge >= 0.3 is 17.9 Å². The van der Waals surface area contributed by atoms with Gasteiger partial charge in [0.05, 0.1) is 21.3 Å². The smallest absolute Gasteiger partial charge is 0.323 e. The van der Waals surface area contributed by atoms with Crippen LogP contribution in [0.2, 0.25) is 0 Å². The summed E-state index contributed by atoms with van der Waals surface area (Å²) in [4.78, 5) is 49.7. The molecule has 0 heterocycles. The number of fused-ring (bicyclic) bond motifs is 3. The molecule has 28 heavy (non-hydrogen) atoms. The minimum atomic E-state index is -1.30. The summed E-state index contributed by atoms with van der Waals surface area (Å²) in [6.45, 7) is 2.12. The molecular weight excluding hydrogens is 364 g/mol. The maximum atomic E-state index is 12.5. The van der Waals surface area contributed by atoms with E-state index in [0.29, 0.717) is 32.1 Å². The van der Waals surface area contributed by atoms with Crippen LogP contribution in [-0.4, -0.2) is 45.0 Å². The molecule has 0 radical (unpaired) electrons. The molecule has 154 valence electrons. The van der Waals surface area contributed by atoms with Crippen molar-refractivity contribution in [2.75, 3.05) is 21.3 Å². The zero-order chi connectivity index (χ0) is 20.7. The van der Waals surface area contributed by atoms with Crippen molar-refractivity contribution in [3.63, 3.8) is 0 Å². The number of carbonyl (C=O) groups is 4. The highest BCUT2D eigenvalue weighted by molar-refractivity contribution is 6.01. The van der Waals surface area contributed by atoms with Crippen LogP contribution in [0.1, 0.15) is 39.0 Å². The van der Waals surface area contributed by atoms with Gasteiger partial charge in [-0.3, -0.25) is 19.2 Å². The molecular formula is C21H28O7. The Bertz CT molecular complexity index is 700. The van der Waals surface area contributed by atoms with Crippen LogP contribution in [0.3, 0.4) is 0 Å². The molecule has 2 fully saturated rings. The summed E-state index contributed by atoms with van der Waals surface area (Å²) in [5.74, 6) is -2.58. The average Bonchev–Trinajstić information content (AvgIpc) is 2.71. The van der Waals surface area contributed by atoms with E-state index in [4.69, 9.17) is 14.2 Å². The number of ether oxygens (including phenoxy) is 3. The Kier molecular flexibility index (Phi) is 5.38. The van der Waals surface area contributed by atoms with Crippen LogP contribution in [0.5, 0.6) is 0 Å². The largest absolute Gasteiger partial charge is 0.468 e. The van der Waals surface area contributed by atoms with Crippen LogP contribution in [0, 0.1) is 34.5 Å². The van der Waals surface area contributed by atoms with Crippen molar-refractivity contribution in [3.05, 3.63) is 12.2 Å². The van der Waals surface area contributed by atoms with Crippen molar-refractivity contribution >= 4 is 23.7 Å². The van der Waals surface area contributed by atoms with E-state index in [1.807, 2.05) is 12.2 Å². The topological polar surface area (TPSA) is 96.0 Å². The maximum Gasteiger partial charge on any atom is 0.323 e. The minimum absolute atomic E-state index is 0.0281. The van der Waals surface area contributed by atoms with Gasteiger partial charge in [-0.2, -0.15) is 0 Å². The van der Waals surface area contributed by atoms with Gasteiger partial charge in [0.1, 0.15) is 11.7 Å². The Morgan fingerprint density at radius 2 is 1.64 bits per heavy atom.